The molecule has 0 spiro atoms. The van der Waals surface area contributed by atoms with Crippen LogP contribution in [0.1, 0.15) is 0 Å². The van der Waals surface area contributed by atoms with E-state index in [-0.39, 0.29) is 16.5 Å². The van der Waals surface area contributed by atoms with E-state index in [0.717, 1.165) is 0 Å². The standard InChI is InChI=1S/2C30H21P.Ni/c2*1-4-10-25-19-28(16-13-22(25)7-1)31(29-17-14-23-8-2-5-11-26(23)20-29)30-18-15-24-9-3-6-12-27(24)21-30;/h2*1-21H;. The molecule has 0 atom stereocenters. The molecule has 302 valence electrons. The van der Waals surface area contributed by atoms with Gasteiger partial charge in [-0.15, -0.1) is 0 Å². The van der Waals surface area contributed by atoms with Gasteiger partial charge in [-0.05, 0) is 149 Å². The van der Waals surface area contributed by atoms with E-state index in [4.69, 9.17) is 0 Å². The van der Waals surface area contributed by atoms with Gasteiger partial charge in [0.2, 0.25) is 0 Å². The van der Waals surface area contributed by atoms with Gasteiger partial charge in [-0.3, -0.25) is 0 Å². The summed E-state index contributed by atoms with van der Waals surface area (Å²) in [7, 11) is -1.33. The fourth-order valence-corrected chi connectivity index (χ4v) is 13.5. The number of fused-ring (bicyclic) bond motifs is 6. The summed E-state index contributed by atoms with van der Waals surface area (Å²) in [6, 6.07) is 93.6. The van der Waals surface area contributed by atoms with E-state index in [1.165, 1.54) is 96.5 Å². The molecule has 63 heavy (non-hydrogen) atoms. The van der Waals surface area contributed by atoms with Crippen molar-refractivity contribution in [3.63, 3.8) is 0 Å². The molecular formula is C60H42NiP2. The Morgan fingerprint density at radius 1 is 0.159 bits per heavy atom. The van der Waals surface area contributed by atoms with Crippen LogP contribution in [0.15, 0.2) is 255 Å². The summed E-state index contributed by atoms with van der Waals surface area (Å²) >= 11 is 0. The van der Waals surface area contributed by atoms with Crippen molar-refractivity contribution >= 4 is 112 Å². The summed E-state index contributed by atoms with van der Waals surface area (Å²) in [4.78, 5) is 0. The normalized spacial score (nSPS) is 11.3. The Balaban J connectivity index is 0.000000147. The van der Waals surface area contributed by atoms with Crippen molar-refractivity contribution in [3.05, 3.63) is 255 Å². The maximum atomic E-state index is 2.38. The van der Waals surface area contributed by atoms with Crippen LogP contribution in [0.2, 0.25) is 0 Å². The maximum absolute atomic E-state index is 2.38. The van der Waals surface area contributed by atoms with Crippen LogP contribution in [0, 0.1) is 0 Å². The van der Waals surface area contributed by atoms with E-state index < -0.39 is 15.8 Å². The molecule has 0 nitrogen and oxygen atoms in total. The zero-order valence-corrected chi connectivity index (χ0v) is 37.2. The van der Waals surface area contributed by atoms with Crippen molar-refractivity contribution in [1.82, 2.24) is 0 Å². The van der Waals surface area contributed by atoms with Crippen molar-refractivity contribution in [1.29, 1.82) is 0 Å². The van der Waals surface area contributed by atoms with Crippen LogP contribution >= 0.6 is 15.8 Å². The van der Waals surface area contributed by atoms with Crippen molar-refractivity contribution in [2.24, 2.45) is 0 Å². The molecule has 12 aromatic carbocycles. The van der Waals surface area contributed by atoms with Gasteiger partial charge in [-0.2, -0.15) is 0 Å². The smallest absolute Gasteiger partial charge is 0 e. The summed E-state index contributed by atoms with van der Waals surface area (Å²) < 4.78 is 0. The van der Waals surface area contributed by atoms with E-state index >= 15 is 0 Å². The molecule has 0 bridgehead atoms. The molecule has 0 aliphatic carbocycles. The monoisotopic (exact) mass is 882 g/mol. The van der Waals surface area contributed by atoms with Crippen LogP contribution in [0.4, 0.5) is 0 Å². The molecular weight excluding hydrogens is 841 g/mol. The minimum Gasteiger partial charge on any atom is -0.0616 e. The molecule has 0 unspecified atom stereocenters. The first kappa shape index (κ1) is 40.6. The van der Waals surface area contributed by atoms with Gasteiger partial charge in [-0.25, -0.2) is 0 Å². The van der Waals surface area contributed by atoms with Crippen molar-refractivity contribution in [2.45, 2.75) is 0 Å². The topological polar surface area (TPSA) is 0 Å². The second-order valence-electron chi connectivity index (χ2n) is 15.9. The predicted molar refractivity (Wildman–Crippen MR) is 275 cm³/mol. The number of rotatable bonds is 6. The quantitative estimate of drug-likeness (QED) is 0.115. The van der Waals surface area contributed by atoms with Crippen LogP contribution < -0.4 is 31.8 Å². The van der Waals surface area contributed by atoms with Gasteiger partial charge in [0.1, 0.15) is 0 Å². The second-order valence-corrected chi connectivity index (χ2v) is 20.3. The van der Waals surface area contributed by atoms with Gasteiger partial charge in [0, 0.05) is 16.5 Å². The molecule has 0 fully saturated rings. The minimum absolute atomic E-state index is 0. The van der Waals surface area contributed by atoms with Crippen molar-refractivity contribution < 1.29 is 16.5 Å². The Hall–Kier alpha value is -6.45. The summed E-state index contributed by atoms with van der Waals surface area (Å²) in [5.74, 6) is 0. The van der Waals surface area contributed by atoms with Crippen molar-refractivity contribution in [3.8, 4) is 0 Å². The average molecular weight is 884 g/mol. The molecule has 0 saturated carbocycles. The van der Waals surface area contributed by atoms with Gasteiger partial charge < -0.3 is 0 Å². The third-order valence-electron chi connectivity index (χ3n) is 11.9. The molecule has 12 rings (SSSR count). The Bertz CT molecular complexity index is 2960. The molecule has 0 aromatic heterocycles. The Labute approximate surface area is 381 Å². The number of hydrogen-bond acceptors (Lipinski definition) is 0. The van der Waals surface area contributed by atoms with Crippen LogP contribution in [0.3, 0.4) is 0 Å². The van der Waals surface area contributed by atoms with Crippen LogP contribution in [-0.2, 0) is 16.5 Å². The van der Waals surface area contributed by atoms with Gasteiger partial charge in [0.15, 0.2) is 0 Å². The average Bonchev–Trinajstić information content (AvgIpc) is 3.34. The Morgan fingerprint density at radius 2 is 0.302 bits per heavy atom. The first-order valence-corrected chi connectivity index (χ1v) is 23.9. The molecule has 12 aromatic rings. The maximum Gasteiger partial charge on any atom is 0 e. The van der Waals surface area contributed by atoms with E-state index in [0.29, 0.717) is 0 Å². The molecule has 0 aliphatic rings. The van der Waals surface area contributed by atoms with E-state index in [9.17, 15) is 0 Å². The summed E-state index contributed by atoms with van der Waals surface area (Å²) in [5, 5.41) is 23.9. The van der Waals surface area contributed by atoms with Gasteiger partial charge in [0.25, 0.3) is 0 Å². The van der Waals surface area contributed by atoms with Gasteiger partial charge >= 0.3 is 0 Å². The molecule has 0 heterocycles. The summed E-state index contributed by atoms with van der Waals surface area (Å²) in [6.45, 7) is 0. The van der Waals surface area contributed by atoms with Gasteiger partial charge in [-0.1, -0.05) is 218 Å². The van der Waals surface area contributed by atoms with E-state index in [2.05, 4.69) is 255 Å². The number of hydrogen-bond donors (Lipinski definition) is 0. The Kier molecular flexibility index (Phi) is 11.7. The first-order chi connectivity index (χ1) is 30.7. The largest absolute Gasteiger partial charge is 0.0616 e. The molecule has 0 radical (unpaired) electrons. The number of benzene rings is 12. The van der Waals surface area contributed by atoms with E-state index in [1.54, 1.807) is 0 Å². The SMILES string of the molecule is [Ni].c1ccc2cc(P(c3ccc4ccccc4c3)c3ccc4ccccc4c3)ccc2c1.c1ccc2cc(P(c3ccc4ccccc4c3)c3ccc4ccccc4c3)ccc2c1. The van der Waals surface area contributed by atoms with Crippen molar-refractivity contribution in [2.75, 3.05) is 0 Å². The van der Waals surface area contributed by atoms with Crippen LogP contribution in [-0.4, -0.2) is 0 Å². The minimum atomic E-state index is -0.666. The fourth-order valence-electron chi connectivity index (χ4n) is 8.79. The third-order valence-corrected chi connectivity index (χ3v) is 16.7. The first-order valence-electron chi connectivity index (χ1n) is 21.2. The van der Waals surface area contributed by atoms with E-state index in [1.807, 2.05) is 0 Å². The summed E-state index contributed by atoms with van der Waals surface area (Å²) in [5.41, 5.74) is 0. The van der Waals surface area contributed by atoms with Crippen LogP contribution in [0.25, 0.3) is 64.6 Å². The second kappa shape index (κ2) is 18.1. The predicted octanol–water partition coefficient (Wildman–Crippen LogP) is 13.8. The molecule has 0 aliphatic heterocycles. The third kappa shape index (κ3) is 8.42. The fraction of sp³-hybridized carbons (Fsp3) is 0. The molecule has 0 saturated heterocycles. The summed E-state index contributed by atoms with van der Waals surface area (Å²) in [6.07, 6.45) is 0. The molecule has 0 amide bonds. The van der Waals surface area contributed by atoms with Gasteiger partial charge in [0.05, 0.1) is 0 Å². The molecule has 0 N–H and O–H groups in total. The van der Waals surface area contributed by atoms with Crippen LogP contribution in [0.5, 0.6) is 0 Å². The zero-order valence-electron chi connectivity index (χ0n) is 34.5. The Morgan fingerprint density at radius 3 is 0.460 bits per heavy atom. The molecule has 3 heteroatoms. The zero-order chi connectivity index (χ0) is 41.2.